The number of nitrogens with zero attached hydrogens (tertiary/aromatic N) is 2. The van der Waals surface area contributed by atoms with E-state index in [9.17, 15) is 55.2 Å². The molecule has 4 aromatic carbocycles. The van der Waals surface area contributed by atoms with E-state index in [1.165, 1.54) is 65.6 Å². The zero-order chi connectivity index (χ0) is 38.5. The molecule has 0 radical (unpaired) electrons. The van der Waals surface area contributed by atoms with Crippen LogP contribution in [0.1, 0.15) is 62.3 Å². The lowest BCUT2D eigenvalue weighted by Gasteiger charge is -2.26. The summed E-state index contributed by atoms with van der Waals surface area (Å²) in [7, 11) is 0. The van der Waals surface area contributed by atoms with Gasteiger partial charge in [0, 0.05) is 44.8 Å². The van der Waals surface area contributed by atoms with Gasteiger partial charge in [-0.15, -0.1) is 0 Å². The van der Waals surface area contributed by atoms with Gasteiger partial charge < -0.3 is 56.4 Å². The quantitative estimate of drug-likeness (QED) is 0.0520. The Morgan fingerprint density at radius 3 is 1.42 bits per heavy atom. The number of aromatic hydroxyl groups is 8. The predicted molar refractivity (Wildman–Crippen MR) is 193 cm³/mol. The van der Waals surface area contributed by atoms with Crippen LogP contribution < -0.4 is 10.6 Å². The van der Waals surface area contributed by atoms with Gasteiger partial charge in [-0.25, -0.2) is 0 Å². The Kier molecular flexibility index (Phi) is 14.0. The van der Waals surface area contributed by atoms with Crippen molar-refractivity contribution in [2.24, 2.45) is 0 Å². The molecule has 0 aliphatic carbocycles. The Balaban J connectivity index is 1.37. The van der Waals surface area contributed by atoms with Crippen LogP contribution >= 0.6 is 0 Å². The fourth-order valence-electron chi connectivity index (χ4n) is 5.64. The van der Waals surface area contributed by atoms with Crippen LogP contribution in [0, 0.1) is 0 Å². The summed E-state index contributed by atoms with van der Waals surface area (Å²) in [5.41, 5.74) is 0.212. The first-order chi connectivity index (χ1) is 25.4. The predicted octanol–water partition coefficient (Wildman–Crippen LogP) is 3.70. The van der Waals surface area contributed by atoms with E-state index < -0.39 is 52.2 Å². The Hall–Kier alpha value is -6.35. The maximum atomic E-state index is 13.5. The van der Waals surface area contributed by atoms with Gasteiger partial charge in [-0.05, 0) is 74.7 Å². The number of hydrogen-bond donors (Lipinski definition) is 10. The molecule has 15 heteroatoms. The summed E-state index contributed by atoms with van der Waals surface area (Å²) >= 11 is 0. The third-order valence-corrected chi connectivity index (χ3v) is 8.52. The van der Waals surface area contributed by atoms with Crippen LogP contribution in [0.2, 0.25) is 0 Å². The standard InChI is InChI=1S/C38H44N4O11/c43-28-13-3-9-24(32(28)47)23-41(20-7-17-39-36(51)25-10-4-14-29(44)33(25)48)19-1-2-21-42(38(53)27-12-6-16-31(46)35(27)50)22-8-18-40-37(52)26-11-5-15-30(45)34(26)49/h3-6,9-16,43-50H,1-2,7-8,17-23H2,(H,39,51)(H,40,52). The molecule has 0 aromatic heterocycles. The molecule has 0 saturated carbocycles. The van der Waals surface area contributed by atoms with Crippen LogP contribution in [0.4, 0.5) is 0 Å². The van der Waals surface area contributed by atoms with Gasteiger partial charge in [0.1, 0.15) is 0 Å². The van der Waals surface area contributed by atoms with E-state index in [4.69, 9.17) is 0 Å². The molecule has 4 rings (SSSR count). The summed E-state index contributed by atoms with van der Waals surface area (Å²) in [6.45, 7) is 1.95. The highest BCUT2D eigenvalue weighted by Gasteiger charge is 2.22. The first-order valence-corrected chi connectivity index (χ1v) is 17.0. The summed E-state index contributed by atoms with van der Waals surface area (Å²) < 4.78 is 0. The Morgan fingerprint density at radius 1 is 0.472 bits per heavy atom. The first-order valence-electron chi connectivity index (χ1n) is 17.0. The minimum Gasteiger partial charge on any atom is -0.504 e. The molecule has 10 N–H and O–H groups in total. The van der Waals surface area contributed by atoms with Crippen molar-refractivity contribution in [2.45, 2.75) is 32.2 Å². The number of para-hydroxylation sites is 4. The molecule has 0 aliphatic heterocycles. The Morgan fingerprint density at radius 2 is 0.868 bits per heavy atom. The minimum absolute atomic E-state index is 0.0668. The lowest BCUT2D eigenvalue weighted by molar-refractivity contribution is 0.0744. The summed E-state index contributed by atoms with van der Waals surface area (Å²) in [5.74, 6) is -5.14. The maximum Gasteiger partial charge on any atom is 0.257 e. The fourth-order valence-corrected chi connectivity index (χ4v) is 5.64. The number of rotatable bonds is 18. The van der Waals surface area contributed by atoms with E-state index >= 15 is 0 Å². The molecule has 53 heavy (non-hydrogen) atoms. The number of carbonyl (C=O) groups excluding carboxylic acids is 3. The van der Waals surface area contributed by atoms with Crippen molar-refractivity contribution < 1.29 is 55.2 Å². The monoisotopic (exact) mass is 732 g/mol. The molecule has 0 atom stereocenters. The van der Waals surface area contributed by atoms with E-state index in [0.29, 0.717) is 44.3 Å². The lowest BCUT2D eigenvalue weighted by Crippen LogP contribution is -2.36. The molecule has 0 saturated heterocycles. The number of unbranched alkanes of at least 4 members (excludes halogenated alkanes) is 1. The van der Waals surface area contributed by atoms with Crippen molar-refractivity contribution in [3.8, 4) is 46.0 Å². The van der Waals surface area contributed by atoms with Crippen LogP contribution in [-0.4, -0.2) is 108 Å². The number of carbonyl (C=O) groups is 3. The molecule has 3 amide bonds. The van der Waals surface area contributed by atoms with Gasteiger partial charge in [-0.1, -0.05) is 30.3 Å². The van der Waals surface area contributed by atoms with Gasteiger partial charge in [0.2, 0.25) is 0 Å². The zero-order valence-corrected chi connectivity index (χ0v) is 28.9. The molecule has 0 fully saturated rings. The summed E-state index contributed by atoms with van der Waals surface area (Å²) in [5, 5.41) is 85.6. The van der Waals surface area contributed by atoms with Gasteiger partial charge in [0.15, 0.2) is 46.0 Å². The second-order valence-corrected chi connectivity index (χ2v) is 12.3. The average Bonchev–Trinajstić information content (AvgIpc) is 3.14. The van der Waals surface area contributed by atoms with E-state index in [0.717, 1.165) is 0 Å². The molecule has 0 spiro atoms. The van der Waals surface area contributed by atoms with Crippen LogP contribution in [0.3, 0.4) is 0 Å². The first kappa shape index (κ1) is 39.4. The molecular weight excluding hydrogens is 688 g/mol. The van der Waals surface area contributed by atoms with Crippen LogP contribution in [0.25, 0.3) is 0 Å². The molecule has 15 nitrogen and oxygen atoms in total. The van der Waals surface area contributed by atoms with E-state index in [1.807, 2.05) is 4.90 Å². The number of nitrogens with one attached hydrogen (secondary N) is 2. The van der Waals surface area contributed by atoms with Gasteiger partial charge in [0.25, 0.3) is 17.7 Å². The number of phenolic OH excluding ortho intramolecular Hbond substituents is 8. The summed E-state index contributed by atoms with van der Waals surface area (Å²) in [6, 6.07) is 16.8. The van der Waals surface area contributed by atoms with E-state index in [2.05, 4.69) is 10.6 Å². The number of amides is 3. The Labute approximate surface area is 305 Å². The van der Waals surface area contributed by atoms with Crippen LogP contribution in [-0.2, 0) is 6.54 Å². The van der Waals surface area contributed by atoms with Crippen molar-refractivity contribution in [1.82, 2.24) is 20.4 Å². The second-order valence-electron chi connectivity index (χ2n) is 12.3. The van der Waals surface area contributed by atoms with Gasteiger partial charge in [-0.2, -0.15) is 0 Å². The highest BCUT2D eigenvalue weighted by atomic mass is 16.3. The summed E-state index contributed by atoms with van der Waals surface area (Å²) in [4.78, 5) is 42.2. The highest BCUT2D eigenvalue weighted by Crippen LogP contribution is 2.31. The average molecular weight is 733 g/mol. The third-order valence-electron chi connectivity index (χ3n) is 8.52. The largest absolute Gasteiger partial charge is 0.504 e. The van der Waals surface area contributed by atoms with Crippen molar-refractivity contribution in [3.63, 3.8) is 0 Å². The van der Waals surface area contributed by atoms with Crippen LogP contribution in [0.5, 0.6) is 46.0 Å². The molecule has 0 unspecified atom stereocenters. The zero-order valence-electron chi connectivity index (χ0n) is 28.9. The fraction of sp³-hybridized carbons (Fsp3) is 0.289. The van der Waals surface area contributed by atoms with Crippen molar-refractivity contribution in [2.75, 3.05) is 39.3 Å². The number of hydrogen-bond acceptors (Lipinski definition) is 12. The molecule has 0 bridgehead atoms. The van der Waals surface area contributed by atoms with Crippen molar-refractivity contribution in [1.29, 1.82) is 0 Å². The lowest BCUT2D eigenvalue weighted by atomic mass is 10.1. The third kappa shape index (κ3) is 10.6. The highest BCUT2D eigenvalue weighted by molar-refractivity contribution is 5.98. The molecule has 0 heterocycles. The van der Waals surface area contributed by atoms with E-state index in [-0.39, 0.29) is 60.9 Å². The van der Waals surface area contributed by atoms with Crippen molar-refractivity contribution in [3.05, 3.63) is 95.1 Å². The molecule has 0 aliphatic rings. The van der Waals surface area contributed by atoms with Gasteiger partial charge >= 0.3 is 0 Å². The smallest absolute Gasteiger partial charge is 0.257 e. The normalized spacial score (nSPS) is 11.0. The number of phenols is 8. The second kappa shape index (κ2) is 18.8. The molecule has 282 valence electrons. The maximum absolute atomic E-state index is 13.5. The van der Waals surface area contributed by atoms with Gasteiger partial charge in [0.05, 0.1) is 16.7 Å². The minimum atomic E-state index is -0.614. The van der Waals surface area contributed by atoms with Crippen molar-refractivity contribution >= 4 is 17.7 Å². The van der Waals surface area contributed by atoms with Crippen LogP contribution in [0.15, 0.2) is 72.8 Å². The molecule has 4 aromatic rings. The topological polar surface area (TPSA) is 244 Å². The molecular formula is C38H44N4O11. The summed E-state index contributed by atoms with van der Waals surface area (Å²) in [6.07, 6.45) is 1.82. The van der Waals surface area contributed by atoms with E-state index in [1.54, 1.807) is 12.1 Å². The van der Waals surface area contributed by atoms with Gasteiger partial charge in [-0.3, -0.25) is 19.3 Å². The number of benzene rings is 4. The Bertz CT molecular complexity index is 1900. The SMILES string of the molecule is O=C(NCCCN(CCCCN(CCCNC(=O)c1cccc(O)c1O)C(=O)c1cccc(O)c1O)Cc1cccc(O)c1O)c1cccc(O)c1O.